The molecule has 3 aromatic carbocycles. The molecular formula is C24H19Cl2NO4. The third-order valence-electron chi connectivity index (χ3n) is 5.40. The topological polar surface area (TPSA) is 75.6 Å². The van der Waals surface area contributed by atoms with E-state index in [1.165, 1.54) is 0 Å². The number of carbonyl (C=O) groups excluding carboxylic acids is 1. The zero-order valence-corrected chi connectivity index (χ0v) is 17.9. The van der Waals surface area contributed by atoms with E-state index < -0.39 is 18.1 Å². The lowest BCUT2D eigenvalue weighted by Gasteiger charge is -2.18. The number of benzene rings is 3. The van der Waals surface area contributed by atoms with Gasteiger partial charge in [0.25, 0.3) is 0 Å². The van der Waals surface area contributed by atoms with Gasteiger partial charge in [0.1, 0.15) is 12.6 Å². The fraction of sp³-hybridized carbons (Fsp3) is 0.167. The third-order valence-corrected chi connectivity index (χ3v) is 6.11. The van der Waals surface area contributed by atoms with Gasteiger partial charge in [0.05, 0.1) is 0 Å². The second kappa shape index (κ2) is 9.00. The van der Waals surface area contributed by atoms with E-state index in [0.29, 0.717) is 15.6 Å². The lowest BCUT2D eigenvalue weighted by molar-refractivity contribution is -0.139. The van der Waals surface area contributed by atoms with Crippen LogP contribution in [0.3, 0.4) is 0 Å². The van der Waals surface area contributed by atoms with Gasteiger partial charge in [0.2, 0.25) is 0 Å². The van der Waals surface area contributed by atoms with E-state index in [2.05, 4.69) is 5.32 Å². The highest BCUT2D eigenvalue weighted by Crippen LogP contribution is 2.44. The van der Waals surface area contributed by atoms with Crippen molar-refractivity contribution < 1.29 is 19.4 Å². The first kappa shape index (κ1) is 21.2. The van der Waals surface area contributed by atoms with Crippen LogP contribution in [0, 0.1) is 0 Å². The van der Waals surface area contributed by atoms with Crippen LogP contribution in [0.15, 0.2) is 66.7 Å². The minimum Gasteiger partial charge on any atom is -0.480 e. The Morgan fingerprint density at radius 3 is 2.00 bits per heavy atom. The smallest absolute Gasteiger partial charge is 0.407 e. The second-order valence-corrected chi connectivity index (χ2v) is 8.08. The van der Waals surface area contributed by atoms with Crippen molar-refractivity contribution in [3.63, 3.8) is 0 Å². The molecule has 0 fully saturated rings. The molecular weight excluding hydrogens is 437 g/mol. The molecule has 0 spiro atoms. The summed E-state index contributed by atoms with van der Waals surface area (Å²) in [5.74, 6) is -1.32. The van der Waals surface area contributed by atoms with Crippen molar-refractivity contribution >= 4 is 35.3 Å². The number of carbonyl (C=O) groups is 2. The van der Waals surface area contributed by atoms with Crippen molar-refractivity contribution in [2.45, 2.75) is 18.4 Å². The first-order valence-corrected chi connectivity index (χ1v) is 10.5. The highest BCUT2D eigenvalue weighted by Gasteiger charge is 2.30. The van der Waals surface area contributed by atoms with Gasteiger partial charge < -0.3 is 15.2 Å². The molecule has 31 heavy (non-hydrogen) atoms. The molecule has 0 aromatic heterocycles. The van der Waals surface area contributed by atoms with Crippen LogP contribution >= 0.6 is 23.2 Å². The molecule has 0 saturated heterocycles. The quantitative estimate of drug-likeness (QED) is 0.512. The Morgan fingerprint density at radius 2 is 1.45 bits per heavy atom. The molecule has 0 bridgehead atoms. The summed E-state index contributed by atoms with van der Waals surface area (Å²) < 4.78 is 5.44. The SMILES string of the molecule is O=C(N[C@@H](Cc1c(Cl)cccc1Cl)C(=O)O)OCC1c2ccccc2-c2ccccc21. The number of carboxylic acid groups (broad SMARTS) is 1. The van der Waals surface area contributed by atoms with Crippen molar-refractivity contribution in [2.24, 2.45) is 0 Å². The van der Waals surface area contributed by atoms with Crippen LogP contribution in [0.4, 0.5) is 4.79 Å². The minimum absolute atomic E-state index is 0.0575. The van der Waals surface area contributed by atoms with Crippen LogP contribution in [0.5, 0.6) is 0 Å². The fourth-order valence-electron chi connectivity index (χ4n) is 3.91. The molecule has 2 N–H and O–H groups in total. The predicted molar refractivity (Wildman–Crippen MR) is 120 cm³/mol. The van der Waals surface area contributed by atoms with Gasteiger partial charge in [-0.05, 0) is 39.9 Å². The van der Waals surface area contributed by atoms with E-state index in [1.54, 1.807) is 18.2 Å². The number of hydrogen-bond donors (Lipinski definition) is 2. The standard InChI is InChI=1S/C24H19Cl2NO4/c25-20-10-5-11-21(26)18(20)12-22(23(28)29)27-24(30)31-13-19-16-8-3-1-6-14(16)15-7-2-4-9-17(15)19/h1-11,19,22H,12-13H2,(H,27,30)(H,28,29)/t22-/m0/s1. The lowest BCUT2D eigenvalue weighted by atomic mass is 9.98. The number of ether oxygens (including phenoxy) is 1. The number of rotatable bonds is 6. The number of alkyl carbamates (subject to hydrolysis) is 1. The molecule has 0 heterocycles. The van der Waals surface area contributed by atoms with Crippen LogP contribution in [0.2, 0.25) is 10.0 Å². The van der Waals surface area contributed by atoms with Gasteiger partial charge in [-0.1, -0.05) is 77.8 Å². The highest BCUT2D eigenvalue weighted by atomic mass is 35.5. The Hall–Kier alpha value is -3.02. The zero-order valence-electron chi connectivity index (χ0n) is 16.3. The lowest BCUT2D eigenvalue weighted by Crippen LogP contribution is -2.43. The van der Waals surface area contributed by atoms with E-state index in [1.807, 2.05) is 48.5 Å². The first-order chi connectivity index (χ1) is 15.0. The Kier molecular flexibility index (Phi) is 6.16. The molecule has 0 aliphatic heterocycles. The van der Waals surface area contributed by atoms with Gasteiger partial charge >= 0.3 is 12.1 Å². The Labute approximate surface area is 189 Å². The van der Waals surface area contributed by atoms with Gasteiger partial charge in [-0.3, -0.25) is 0 Å². The largest absolute Gasteiger partial charge is 0.480 e. The summed E-state index contributed by atoms with van der Waals surface area (Å²) in [6, 6.07) is 19.6. The summed E-state index contributed by atoms with van der Waals surface area (Å²) in [6.45, 7) is 0.0963. The Morgan fingerprint density at radius 1 is 0.903 bits per heavy atom. The number of amides is 1. The van der Waals surface area contributed by atoms with Gasteiger partial charge in [0, 0.05) is 22.4 Å². The van der Waals surface area contributed by atoms with E-state index in [-0.39, 0.29) is 18.9 Å². The molecule has 1 atom stereocenters. The molecule has 7 heteroatoms. The van der Waals surface area contributed by atoms with E-state index >= 15 is 0 Å². The summed E-state index contributed by atoms with van der Waals surface area (Å²) in [6.07, 6.45) is -0.865. The molecule has 5 nitrogen and oxygen atoms in total. The van der Waals surface area contributed by atoms with Crippen molar-refractivity contribution in [2.75, 3.05) is 6.61 Å². The van der Waals surface area contributed by atoms with Crippen LogP contribution in [0.25, 0.3) is 11.1 Å². The van der Waals surface area contributed by atoms with Crippen LogP contribution in [0.1, 0.15) is 22.6 Å². The summed E-state index contributed by atoms with van der Waals surface area (Å²) in [4.78, 5) is 24.1. The van der Waals surface area contributed by atoms with Crippen LogP contribution < -0.4 is 5.32 Å². The summed E-state index contributed by atoms with van der Waals surface area (Å²) >= 11 is 12.3. The summed E-state index contributed by atoms with van der Waals surface area (Å²) in [7, 11) is 0. The van der Waals surface area contributed by atoms with Crippen molar-refractivity contribution in [1.82, 2.24) is 5.32 Å². The van der Waals surface area contributed by atoms with Crippen LogP contribution in [-0.2, 0) is 16.0 Å². The third kappa shape index (κ3) is 4.38. The molecule has 1 amide bonds. The van der Waals surface area contributed by atoms with E-state index in [9.17, 15) is 14.7 Å². The minimum atomic E-state index is -1.23. The number of hydrogen-bond acceptors (Lipinski definition) is 3. The second-order valence-electron chi connectivity index (χ2n) is 7.27. The molecule has 4 rings (SSSR count). The first-order valence-electron chi connectivity index (χ1n) is 9.73. The molecule has 1 aliphatic carbocycles. The van der Waals surface area contributed by atoms with Gasteiger partial charge in [-0.15, -0.1) is 0 Å². The van der Waals surface area contributed by atoms with Gasteiger partial charge in [-0.2, -0.15) is 0 Å². The fourth-order valence-corrected chi connectivity index (χ4v) is 4.47. The normalized spacial score (nSPS) is 13.2. The number of fused-ring (bicyclic) bond motifs is 3. The summed E-state index contributed by atoms with van der Waals surface area (Å²) in [5, 5.41) is 12.6. The molecule has 0 saturated carbocycles. The molecule has 158 valence electrons. The monoisotopic (exact) mass is 455 g/mol. The van der Waals surface area contributed by atoms with Gasteiger partial charge in [0.15, 0.2) is 0 Å². The maximum absolute atomic E-state index is 12.4. The maximum Gasteiger partial charge on any atom is 0.407 e. The zero-order chi connectivity index (χ0) is 22.0. The van der Waals surface area contributed by atoms with E-state index in [4.69, 9.17) is 27.9 Å². The molecule has 1 aliphatic rings. The molecule has 3 aromatic rings. The molecule has 0 radical (unpaired) electrons. The average molecular weight is 456 g/mol. The van der Waals surface area contributed by atoms with Crippen molar-refractivity contribution in [3.8, 4) is 11.1 Å². The number of carboxylic acids is 1. The Bertz CT molecular complexity index is 1080. The predicted octanol–water partition coefficient (Wildman–Crippen LogP) is 5.53. The van der Waals surface area contributed by atoms with Crippen molar-refractivity contribution in [1.29, 1.82) is 0 Å². The van der Waals surface area contributed by atoms with Gasteiger partial charge in [-0.25, -0.2) is 9.59 Å². The van der Waals surface area contributed by atoms with E-state index in [0.717, 1.165) is 22.3 Å². The number of aliphatic carboxylic acids is 1. The highest BCUT2D eigenvalue weighted by molar-refractivity contribution is 6.36. The summed E-state index contributed by atoms with van der Waals surface area (Å²) in [5.41, 5.74) is 4.84. The maximum atomic E-state index is 12.4. The number of nitrogens with one attached hydrogen (secondary N) is 1. The van der Waals surface area contributed by atoms with Crippen LogP contribution in [-0.4, -0.2) is 29.8 Å². The van der Waals surface area contributed by atoms with Crippen molar-refractivity contribution in [3.05, 3.63) is 93.5 Å². The Balaban J connectivity index is 1.45. The molecule has 0 unspecified atom stereocenters. The average Bonchev–Trinajstić information content (AvgIpc) is 3.08. The number of halogens is 2.